The number of phenols is 1. The fraction of sp³-hybridized carbons (Fsp3) is 0.526. The number of ether oxygens (including phenoxy) is 1. The van der Waals surface area contributed by atoms with Crippen LogP contribution in [0.1, 0.15) is 51.4 Å². The first-order valence-electron chi connectivity index (χ1n) is 8.68. The van der Waals surface area contributed by atoms with Gasteiger partial charge in [0.15, 0.2) is 0 Å². The Morgan fingerprint density at radius 1 is 1.08 bits per heavy atom. The van der Waals surface area contributed by atoms with Crippen molar-refractivity contribution in [2.24, 2.45) is 5.92 Å². The van der Waals surface area contributed by atoms with E-state index < -0.39 is 30.1 Å². The molecule has 7 heteroatoms. The minimum Gasteiger partial charge on any atom is -0.507 e. The highest BCUT2D eigenvalue weighted by Gasteiger charge is 2.26. The third kappa shape index (κ3) is 6.74. The average Bonchev–Trinajstić information content (AvgIpc) is 2.53. The highest BCUT2D eigenvalue weighted by Crippen LogP contribution is 2.16. The Morgan fingerprint density at radius 3 is 2.23 bits per heavy atom. The van der Waals surface area contributed by atoms with Crippen LogP contribution in [-0.2, 0) is 14.3 Å². The second kappa shape index (κ2) is 9.79. The molecule has 0 saturated carbocycles. The lowest BCUT2D eigenvalue weighted by molar-refractivity contribution is -0.153. The van der Waals surface area contributed by atoms with E-state index in [2.05, 4.69) is 10.6 Å². The lowest BCUT2D eigenvalue weighted by Crippen LogP contribution is -2.46. The van der Waals surface area contributed by atoms with Crippen LogP contribution >= 0.6 is 0 Å². The van der Waals surface area contributed by atoms with Crippen LogP contribution in [0.2, 0.25) is 0 Å². The number of amides is 2. The van der Waals surface area contributed by atoms with Crippen molar-refractivity contribution in [1.82, 2.24) is 10.6 Å². The van der Waals surface area contributed by atoms with Crippen LogP contribution in [0, 0.1) is 5.92 Å². The summed E-state index contributed by atoms with van der Waals surface area (Å²) in [6.45, 7) is 8.60. The Labute approximate surface area is 154 Å². The molecular formula is C19H28N2O5. The molecule has 1 aromatic rings. The van der Waals surface area contributed by atoms with Crippen molar-refractivity contribution in [3.05, 3.63) is 29.8 Å². The van der Waals surface area contributed by atoms with Crippen molar-refractivity contribution in [2.75, 3.05) is 0 Å². The molecule has 1 aromatic carbocycles. The summed E-state index contributed by atoms with van der Waals surface area (Å²) in [6.07, 6.45) is -0.148. The zero-order valence-electron chi connectivity index (χ0n) is 15.9. The van der Waals surface area contributed by atoms with E-state index in [9.17, 15) is 19.5 Å². The summed E-state index contributed by atoms with van der Waals surface area (Å²) in [6, 6.07) is 4.99. The van der Waals surface area contributed by atoms with Crippen LogP contribution in [0.3, 0.4) is 0 Å². The Bertz CT molecular complexity index is 645. The number of carbonyl (C=O) groups is 3. The van der Waals surface area contributed by atoms with Crippen LogP contribution in [0.5, 0.6) is 5.75 Å². The lowest BCUT2D eigenvalue weighted by Gasteiger charge is -2.25. The van der Waals surface area contributed by atoms with E-state index in [-0.39, 0.29) is 23.1 Å². The molecule has 0 fully saturated rings. The molecule has 0 radical (unpaired) electrons. The fourth-order valence-corrected chi connectivity index (χ4v) is 2.37. The molecule has 3 atom stereocenters. The van der Waals surface area contributed by atoms with Gasteiger partial charge in [0.2, 0.25) is 5.91 Å². The van der Waals surface area contributed by atoms with Gasteiger partial charge in [0.1, 0.15) is 17.9 Å². The number of carbonyl (C=O) groups excluding carboxylic acids is 3. The molecule has 26 heavy (non-hydrogen) atoms. The normalized spacial score (nSPS) is 14.2. The summed E-state index contributed by atoms with van der Waals surface area (Å²) in [5.74, 6) is -1.22. The van der Waals surface area contributed by atoms with Gasteiger partial charge in [0, 0.05) is 6.92 Å². The van der Waals surface area contributed by atoms with Gasteiger partial charge in [0.25, 0.3) is 5.91 Å². The van der Waals surface area contributed by atoms with E-state index in [1.54, 1.807) is 26.0 Å². The molecule has 144 valence electrons. The summed E-state index contributed by atoms with van der Waals surface area (Å²) < 4.78 is 5.41. The number of hydrogen-bond donors (Lipinski definition) is 3. The molecule has 0 aromatic heterocycles. The standard InChI is InChI=1S/C19H28N2O5/c1-11(2)10-16(21-14(5)22)19(25)26-13(4)12(3)20-18(24)15-8-6-7-9-17(15)23/h6-9,11-13,16,23H,10H2,1-5H3,(H,20,24)(H,21,22). The molecule has 0 aliphatic carbocycles. The first-order chi connectivity index (χ1) is 12.1. The Hall–Kier alpha value is -2.57. The third-order valence-electron chi connectivity index (χ3n) is 3.88. The molecule has 3 N–H and O–H groups in total. The van der Waals surface area contributed by atoms with E-state index in [1.165, 1.54) is 19.1 Å². The minimum absolute atomic E-state index is 0.121. The maximum Gasteiger partial charge on any atom is 0.328 e. The maximum atomic E-state index is 12.3. The van der Waals surface area contributed by atoms with Gasteiger partial charge in [-0.15, -0.1) is 0 Å². The number of para-hydroxylation sites is 1. The second-order valence-corrected chi connectivity index (χ2v) is 6.80. The molecule has 1 rings (SSSR count). The smallest absolute Gasteiger partial charge is 0.328 e. The zero-order chi connectivity index (χ0) is 19.9. The van der Waals surface area contributed by atoms with Crippen LogP contribution < -0.4 is 10.6 Å². The first-order valence-corrected chi connectivity index (χ1v) is 8.68. The number of hydrogen-bond acceptors (Lipinski definition) is 5. The largest absolute Gasteiger partial charge is 0.507 e. The molecule has 2 amide bonds. The Kier molecular flexibility index (Phi) is 8.09. The van der Waals surface area contributed by atoms with Crippen LogP contribution in [-0.4, -0.2) is 41.1 Å². The van der Waals surface area contributed by atoms with Crippen molar-refractivity contribution in [2.45, 2.75) is 59.2 Å². The number of phenolic OH excluding ortho intramolecular Hbond substituents is 1. The van der Waals surface area contributed by atoms with Crippen molar-refractivity contribution >= 4 is 17.8 Å². The summed E-state index contributed by atoms with van der Waals surface area (Å²) in [5.41, 5.74) is 0.147. The molecule has 3 unspecified atom stereocenters. The highest BCUT2D eigenvalue weighted by atomic mass is 16.5. The predicted octanol–water partition coefficient (Wildman–Crippen LogP) is 1.99. The Morgan fingerprint density at radius 2 is 1.69 bits per heavy atom. The lowest BCUT2D eigenvalue weighted by atomic mass is 10.0. The van der Waals surface area contributed by atoms with Gasteiger partial charge in [-0.05, 0) is 38.3 Å². The van der Waals surface area contributed by atoms with E-state index in [0.717, 1.165) is 0 Å². The van der Waals surface area contributed by atoms with Crippen molar-refractivity contribution in [3.8, 4) is 5.75 Å². The van der Waals surface area contributed by atoms with Crippen LogP contribution in [0.4, 0.5) is 0 Å². The molecule has 0 aliphatic rings. The van der Waals surface area contributed by atoms with Gasteiger partial charge < -0.3 is 20.5 Å². The molecular weight excluding hydrogens is 336 g/mol. The van der Waals surface area contributed by atoms with Gasteiger partial charge in [-0.25, -0.2) is 4.79 Å². The average molecular weight is 364 g/mol. The third-order valence-corrected chi connectivity index (χ3v) is 3.88. The summed E-state index contributed by atoms with van der Waals surface area (Å²) in [7, 11) is 0. The summed E-state index contributed by atoms with van der Waals surface area (Å²) in [5, 5.41) is 15.0. The second-order valence-electron chi connectivity index (χ2n) is 6.80. The van der Waals surface area contributed by atoms with Crippen molar-refractivity contribution in [1.29, 1.82) is 0 Å². The molecule has 7 nitrogen and oxygen atoms in total. The quantitative estimate of drug-likeness (QED) is 0.612. The van der Waals surface area contributed by atoms with Gasteiger partial charge in [-0.2, -0.15) is 0 Å². The SMILES string of the molecule is CC(=O)NC(CC(C)C)C(=O)OC(C)C(C)NC(=O)c1ccccc1O. The predicted molar refractivity (Wildman–Crippen MR) is 97.6 cm³/mol. The topological polar surface area (TPSA) is 105 Å². The summed E-state index contributed by atoms with van der Waals surface area (Å²) in [4.78, 5) is 35.9. The number of esters is 1. The van der Waals surface area contributed by atoms with E-state index in [4.69, 9.17) is 4.74 Å². The van der Waals surface area contributed by atoms with Crippen LogP contribution in [0.15, 0.2) is 24.3 Å². The molecule has 0 bridgehead atoms. The zero-order valence-corrected chi connectivity index (χ0v) is 15.9. The molecule has 0 heterocycles. The number of benzene rings is 1. The van der Waals surface area contributed by atoms with E-state index >= 15 is 0 Å². The van der Waals surface area contributed by atoms with Gasteiger partial charge in [0.05, 0.1) is 11.6 Å². The Balaban J connectivity index is 2.68. The van der Waals surface area contributed by atoms with Crippen molar-refractivity contribution in [3.63, 3.8) is 0 Å². The van der Waals surface area contributed by atoms with Gasteiger partial charge >= 0.3 is 5.97 Å². The monoisotopic (exact) mass is 364 g/mol. The van der Waals surface area contributed by atoms with E-state index in [1.807, 2.05) is 13.8 Å². The fourth-order valence-electron chi connectivity index (χ4n) is 2.37. The first kappa shape index (κ1) is 21.5. The van der Waals surface area contributed by atoms with Gasteiger partial charge in [-0.1, -0.05) is 26.0 Å². The highest BCUT2D eigenvalue weighted by molar-refractivity contribution is 5.97. The minimum atomic E-state index is -0.726. The molecule has 0 aliphatic heterocycles. The maximum absolute atomic E-state index is 12.3. The number of nitrogens with one attached hydrogen (secondary N) is 2. The van der Waals surface area contributed by atoms with Gasteiger partial charge in [-0.3, -0.25) is 9.59 Å². The number of rotatable bonds is 8. The van der Waals surface area contributed by atoms with E-state index in [0.29, 0.717) is 6.42 Å². The number of aromatic hydroxyl groups is 1. The van der Waals surface area contributed by atoms with Crippen molar-refractivity contribution < 1.29 is 24.2 Å². The van der Waals surface area contributed by atoms with Crippen LogP contribution in [0.25, 0.3) is 0 Å². The molecule has 0 spiro atoms. The molecule has 0 saturated heterocycles. The summed E-state index contributed by atoms with van der Waals surface area (Å²) >= 11 is 0.